The van der Waals surface area contributed by atoms with E-state index in [-0.39, 0.29) is 75.7 Å². The predicted octanol–water partition coefficient (Wildman–Crippen LogP) is 0.288. The molecule has 11 atom stereocenters. The summed E-state index contributed by atoms with van der Waals surface area (Å²) in [5.74, 6) is -16.3. The predicted molar refractivity (Wildman–Crippen MR) is 480 cm³/mol. The van der Waals surface area contributed by atoms with Crippen LogP contribution in [-0.4, -0.2) is 206 Å². The Balaban J connectivity index is 1.09. The van der Waals surface area contributed by atoms with Crippen molar-refractivity contribution in [2.75, 3.05) is 19.7 Å². The van der Waals surface area contributed by atoms with E-state index in [1.807, 2.05) is 102 Å². The first kappa shape index (κ1) is 103. The third-order valence-electron chi connectivity index (χ3n) is 21.4. The number of aromatic hydroxyl groups is 1. The first-order valence-corrected chi connectivity index (χ1v) is 43.2. The average molecular weight is 1790 g/mol. The molecule has 7 rings (SSSR count). The number of hydrogen-bond acceptors (Lipinski definition) is 20. The molecule has 0 saturated carbocycles. The lowest BCUT2D eigenvalue weighted by Crippen LogP contribution is -2.61. The topological polar surface area (TPSA) is 633 Å². The molecule has 0 aliphatic heterocycles. The number of unbranched alkanes of at least 4 members (excludes halogenated alkanes) is 5. The van der Waals surface area contributed by atoms with Gasteiger partial charge in [0.2, 0.25) is 82.7 Å². The zero-order valence-corrected chi connectivity index (χ0v) is 72.8. The van der Waals surface area contributed by atoms with Crippen LogP contribution in [0.15, 0.2) is 188 Å². The molecular weight excluding hydrogens is 1670 g/mol. The van der Waals surface area contributed by atoms with E-state index in [9.17, 15) is 77.6 Å². The molecule has 6 aromatic carbocycles. The van der Waals surface area contributed by atoms with Crippen LogP contribution in [0.5, 0.6) is 5.75 Å². The number of guanidine groups is 1. The number of aromatic nitrogens is 2. The van der Waals surface area contributed by atoms with E-state index in [2.05, 4.69) is 70.7 Å². The molecular formula is C92H120N20O18. The number of primary amides is 3. The number of nitrogens with one attached hydrogen (secondary N) is 13. The molecule has 7 aromatic rings. The number of carbonyl (C=O) groups excluding carboxylic acids is 14. The largest absolute Gasteiger partial charge is 0.508 e. The van der Waals surface area contributed by atoms with Crippen LogP contribution in [0.4, 0.5) is 0 Å². The SMILES string of the molecule is CCCCCCCC(=O)NCCCC[C@H](NC(=O)[C@@H](N)Cc1cn(C(c2ccccc2)(c2ccccc2)c2ccccc2)cn1)C(=O)N[C@@H](Cc1ccccc1)C(=O)N[C@@H](Cc1ccc(O)cc1)C(=O)N[C@@H](CO)C(=O)N[C@@H](CC(=O)O)C(=O)N[C@@H](CCC(N)=O)C(=O)N[C@@H](CCC(N)=O)C(=O)N[C@@H](C)C(=O)N[C@@H](CCCNC(=N)N)C(=O)N[C@@H](Cc1ccccc1)C(N)=O. The van der Waals surface area contributed by atoms with Gasteiger partial charge in [0.15, 0.2) is 5.96 Å². The second-order valence-corrected chi connectivity index (χ2v) is 31.6. The van der Waals surface area contributed by atoms with Crippen molar-refractivity contribution in [1.29, 1.82) is 5.41 Å². The molecule has 26 N–H and O–H groups in total. The van der Waals surface area contributed by atoms with Gasteiger partial charge in [0.25, 0.3) is 0 Å². The highest BCUT2D eigenvalue weighted by atomic mass is 16.4. The van der Waals surface area contributed by atoms with Gasteiger partial charge in [-0.05, 0) is 104 Å². The van der Waals surface area contributed by atoms with Crippen LogP contribution in [0, 0.1) is 5.41 Å². The summed E-state index contributed by atoms with van der Waals surface area (Å²) >= 11 is 0. The lowest BCUT2D eigenvalue weighted by molar-refractivity contribution is -0.142. The van der Waals surface area contributed by atoms with Gasteiger partial charge < -0.3 is 112 Å². The van der Waals surface area contributed by atoms with Gasteiger partial charge in [-0.25, -0.2) is 4.98 Å². The first-order chi connectivity index (χ1) is 62.3. The number of benzene rings is 6. The molecule has 14 amide bonds. The highest BCUT2D eigenvalue weighted by molar-refractivity contribution is 6.00. The van der Waals surface area contributed by atoms with Gasteiger partial charge >= 0.3 is 5.97 Å². The third-order valence-corrected chi connectivity index (χ3v) is 21.4. The van der Waals surface area contributed by atoms with Gasteiger partial charge in [-0.1, -0.05) is 196 Å². The number of amides is 14. The quantitative estimate of drug-likeness (QED) is 0.0105. The van der Waals surface area contributed by atoms with Gasteiger partial charge in [-0.3, -0.25) is 77.3 Å². The van der Waals surface area contributed by atoms with Crippen LogP contribution in [0.1, 0.15) is 156 Å². The number of aliphatic carboxylic acids is 1. The molecule has 38 nitrogen and oxygen atoms in total. The molecule has 0 saturated heterocycles. The van der Waals surface area contributed by atoms with Crippen molar-refractivity contribution in [2.24, 2.45) is 28.7 Å². The molecule has 0 spiro atoms. The molecule has 1 heterocycles. The minimum absolute atomic E-state index is 0.0254. The number of aliphatic hydroxyl groups excluding tert-OH is 1. The molecule has 0 unspecified atom stereocenters. The van der Waals surface area contributed by atoms with Crippen LogP contribution in [-0.2, 0) is 103 Å². The number of nitrogens with two attached hydrogens (primary N) is 5. The van der Waals surface area contributed by atoms with E-state index < -0.39 is 200 Å². The van der Waals surface area contributed by atoms with Crippen LogP contribution in [0.25, 0.3) is 0 Å². The average Bonchev–Trinajstić information content (AvgIpc) is 1.43. The van der Waals surface area contributed by atoms with Crippen molar-refractivity contribution in [2.45, 2.75) is 214 Å². The lowest BCUT2D eigenvalue weighted by atomic mass is 9.77. The van der Waals surface area contributed by atoms with Gasteiger partial charge in [0.1, 0.15) is 71.7 Å². The van der Waals surface area contributed by atoms with Crippen molar-refractivity contribution >= 4 is 94.6 Å². The third kappa shape index (κ3) is 33.7. The highest BCUT2D eigenvalue weighted by Gasteiger charge is 2.41. The maximum Gasteiger partial charge on any atom is 0.305 e. The summed E-state index contributed by atoms with van der Waals surface area (Å²) in [5.41, 5.74) is 32.4. The van der Waals surface area contributed by atoms with Crippen molar-refractivity contribution in [1.82, 2.24) is 73.4 Å². The summed E-state index contributed by atoms with van der Waals surface area (Å²) in [7, 11) is 0. The second kappa shape index (κ2) is 53.3. The van der Waals surface area contributed by atoms with E-state index >= 15 is 9.59 Å². The second-order valence-electron chi connectivity index (χ2n) is 31.6. The van der Waals surface area contributed by atoms with Crippen molar-refractivity contribution in [3.8, 4) is 5.75 Å². The zero-order chi connectivity index (χ0) is 94.7. The Morgan fingerprint density at radius 2 is 0.792 bits per heavy atom. The fraction of sp³-hybridized carbons (Fsp3) is 0.402. The molecule has 38 heteroatoms. The summed E-state index contributed by atoms with van der Waals surface area (Å²) in [6, 6.07) is 33.6. The maximum absolute atomic E-state index is 15.2. The number of rotatable bonds is 57. The Hall–Kier alpha value is -14.4. The smallest absolute Gasteiger partial charge is 0.305 e. The van der Waals surface area contributed by atoms with Gasteiger partial charge in [0, 0.05) is 64.2 Å². The van der Waals surface area contributed by atoms with Crippen molar-refractivity contribution in [3.05, 3.63) is 228 Å². The van der Waals surface area contributed by atoms with Crippen LogP contribution in [0.3, 0.4) is 0 Å². The van der Waals surface area contributed by atoms with Gasteiger partial charge in [0.05, 0.1) is 31.1 Å². The van der Waals surface area contributed by atoms with Crippen LogP contribution < -0.4 is 92.5 Å². The molecule has 0 radical (unpaired) electrons. The molecule has 130 heavy (non-hydrogen) atoms. The highest BCUT2D eigenvalue weighted by Crippen LogP contribution is 2.41. The van der Waals surface area contributed by atoms with Crippen LogP contribution in [0.2, 0.25) is 0 Å². The zero-order valence-electron chi connectivity index (χ0n) is 72.8. The van der Waals surface area contributed by atoms with Gasteiger partial charge in [-0.15, -0.1) is 0 Å². The number of phenolic OH excluding ortho intramolecular Hbond substituents is 1. The summed E-state index contributed by atoms with van der Waals surface area (Å²) in [4.78, 5) is 212. The number of carboxylic acids is 1. The van der Waals surface area contributed by atoms with Crippen molar-refractivity contribution < 1.29 is 87.2 Å². The van der Waals surface area contributed by atoms with E-state index in [1.54, 1.807) is 67.0 Å². The van der Waals surface area contributed by atoms with Crippen molar-refractivity contribution in [3.63, 3.8) is 0 Å². The molecule has 0 aliphatic carbocycles. The number of hydrogen-bond donors (Lipinski definition) is 21. The number of aliphatic hydroxyl groups is 1. The molecule has 1 aromatic heterocycles. The fourth-order valence-electron chi connectivity index (χ4n) is 14.5. The monoisotopic (exact) mass is 1790 g/mol. The standard InChI is InChI=1S/C92H120N20O18/c1-3-4-5-6-22-38-78(117)99-47-24-23-36-67(104-82(122)66(93)52-64-54-112(56-101-64)92(61-30-16-9-17-31-61,62-32-18-10-19-33-62)63-34-20-11-21-35-63)85(125)108-72(50-59-28-14-8-15-29-59)87(127)109-73(51-60-39-41-65(114)42-40-60)88(128)111-75(55-113)90(130)110-74(53-79(118)119)89(129)106-70(44-46-77(95)116)86(126)105-69(43-45-76(94)115)83(123)102-57(2)81(121)103-68(37-25-48-100-91(97)98)84(124)107-71(80(96)120)49-58-26-12-7-13-27-58/h7-21,26-35,39-42,54,56-57,66-75,113-114H,3-6,22-25,36-38,43-53,55,93H2,1-2H3,(H2,94,115)(H2,95,116)(H2,96,120)(H,99,117)(H,102,123)(H,103,121)(H,104,122)(H,105,126)(H,106,129)(H,107,124)(H,108,125)(H,109,127)(H,110,130)(H,111,128)(H,118,119)(H4,97,98,100)/t57-,66-,67-,68-,69-,70-,71-,72-,73-,74-,75-/m0/s1. The van der Waals surface area contributed by atoms with E-state index in [0.29, 0.717) is 41.6 Å². The minimum Gasteiger partial charge on any atom is -0.508 e. The van der Waals surface area contributed by atoms with E-state index in [1.165, 1.54) is 31.2 Å². The Morgan fingerprint density at radius 3 is 1.26 bits per heavy atom. The number of phenols is 1. The number of imidazole rings is 1. The van der Waals surface area contributed by atoms with E-state index in [4.69, 9.17) is 39.1 Å². The molecule has 0 fully saturated rings. The minimum atomic E-state index is -2.19. The van der Waals surface area contributed by atoms with Gasteiger partial charge in [-0.2, -0.15) is 0 Å². The molecule has 0 bridgehead atoms. The molecule has 0 aliphatic rings. The summed E-state index contributed by atoms with van der Waals surface area (Å²) in [5, 5.41) is 68.9. The van der Waals surface area contributed by atoms with E-state index in [0.717, 1.165) is 42.4 Å². The first-order valence-electron chi connectivity index (χ1n) is 43.2. The lowest BCUT2D eigenvalue weighted by Gasteiger charge is -2.37. The fourth-order valence-corrected chi connectivity index (χ4v) is 14.5. The molecule has 696 valence electrons. The number of carboxylic acid groups (broad SMARTS) is 1. The number of carbonyl (C=O) groups is 15. The number of nitrogens with zero attached hydrogens (tertiary/aromatic N) is 2. The maximum atomic E-state index is 15.2. The summed E-state index contributed by atoms with van der Waals surface area (Å²) in [6.07, 6.45) is 4.55. The Bertz CT molecular complexity index is 4820. The Labute approximate surface area is 753 Å². The Kier molecular flexibility index (Phi) is 42.1. The van der Waals surface area contributed by atoms with Crippen LogP contribution >= 0.6 is 0 Å². The summed E-state index contributed by atoms with van der Waals surface area (Å²) in [6.45, 7) is 2.31. The summed E-state index contributed by atoms with van der Waals surface area (Å²) < 4.78 is 1.96. The normalized spacial score (nSPS) is 13.7. The Morgan fingerprint density at radius 1 is 0.408 bits per heavy atom.